The van der Waals surface area contributed by atoms with Gasteiger partial charge in [0.05, 0.1) is 17.7 Å². The molecule has 0 saturated heterocycles. The number of nitrogens with zero attached hydrogens (tertiary/aromatic N) is 2. The molecule has 0 amide bonds. The van der Waals surface area contributed by atoms with E-state index in [9.17, 15) is 8.78 Å². The molecule has 0 radical (unpaired) electrons. The van der Waals surface area contributed by atoms with Crippen LogP contribution in [0.15, 0.2) is 47.5 Å². The molecule has 0 bridgehead atoms. The first-order valence-corrected chi connectivity index (χ1v) is 7.44. The van der Waals surface area contributed by atoms with Crippen LogP contribution in [0, 0.1) is 23.0 Å². The van der Waals surface area contributed by atoms with Gasteiger partial charge >= 0.3 is 0 Å². The minimum atomic E-state index is -0.608. The van der Waals surface area contributed by atoms with Crippen molar-refractivity contribution >= 4 is 5.96 Å². The van der Waals surface area contributed by atoms with E-state index in [1.165, 1.54) is 12.1 Å². The van der Waals surface area contributed by atoms with Crippen molar-refractivity contribution in [1.29, 1.82) is 5.26 Å². The highest BCUT2D eigenvalue weighted by molar-refractivity contribution is 5.80. The molecule has 24 heavy (non-hydrogen) atoms. The maximum Gasteiger partial charge on any atom is 0.191 e. The predicted octanol–water partition coefficient (Wildman–Crippen LogP) is 3.26. The number of nitriles is 1. The van der Waals surface area contributed by atoms with E-state index in [2.05, 4.69) is 21.7 Å². The van der Waals surface area contributed by atoms with Gasteiger partial charge in [0.1, 0.15) is 11.6 Å². The van der Waals surface area contributed by atoms with Gasteiger partial charge in [0.2, 0.25) is 0 Å². The number of hydrogen-bond donors (Lipinski definition) is 2. The average molecular weight is 328 g/mol. The summed E-state index contributed by atoms with van der Waals surface area (Å²) in [5, 5.41) is 15.1. The first kappa shape index (κ1) is 17.4. The lowest BCUT2D eigenvalue weighted by molar-refractivity contribution is 0.550. The third kappa shape index (κ3) is 4.53. The van der Waals surface area contributed by atoms with Crippen molar-refractivity contribution in [3.8, 4) is 6.07 Å². The molecule has 0 aliphatic carbocycles. The van der Waals surface area contributed by atoms with E-state index in [1.54, 1.807) is 26.1 Å². The summed E-state index contributed by atoms with van der Waals surface area (Å²) in [4.78, 5) is 4.09. The number of rotatable bonds is 4. The van der Waals surface area contributed by atoms with E-state index >= 15 is 0 Å². The zero-order valence-corrected chi connectivity index (χ0v) is 13.5. The normalized spacial score (nSPS) is 12.4. The van der Waals surface area contributed by atoms with Crippen molar-refractivity contribution in [2.45, 2.75) is 19.5 Å². The smallest absolute Gasteiger partial charge is 0.191 e. The second-order valence-corrected chi connectivity index (χ2v) is 5.27. The van der Waals surface area contributed by atoms with Crippen LogP contribution in [0.2, 0.25) is 0 Å². The third-order valence-electron chi connectivity index (χ3n) is 3.52. The Morgan fingerprint density at radius 1 is 1.25 bits per heavy atom. The number of aliphatic imine (C=N–C) groups is 1. The van der Waals surface area contributed by atoms with Crippen LogP contribution in [0.4, 0.5) is 8.78 Å². The minimum absolute atomic E-state index is 0.353. The second-order valence-electron chi connectivity index (χ2n) is 5.27. The monoisotopic (exact) mass is 328 g/mol. The van der Waals surface area contributed by atoms with E-state index in [0.29, 0.717) is 23.6 Å². The Kier molecular flexibility index (Phi) is 5.85. The number of hydrogen-bond acceptors (Lipinski definition) is 2. The molecule has 6 heteroatoms. The highest BCUT2D eigenvalue weighted by Crippen LogP contribution is 2.17. The molecule has 0 aliphatic heterocycles. The van der Waals surface area contributed by atoms with Crippen molar-refractivity contribution in [2.75, 3.05) is 7.05 Å². The van der Waals surface area contributed by atoms with Crippen LogP contribution in [0.25, 0.3) is 0 Å². The highest BCUT2D eigenvalue weighted by Gasteiger charge is 2.13. The summed E-state index contributed by atoms with van der Waals surface area (Å²) < 4.78 is 26.8. The summed E-state index contributed by atoms with van der Waals surface area (Å²) >= 11 is 0. The van der Waals surface area contributed by atoms with Crippen molar-refractivity contribution in [3.63, 3.8) is 0 Å². The summed E-state index contributed by atoms with van der Waals surface area (Å²) in [7, 11) is 1.61. The van der Waals surface area contributed by atoms with E-state index in [0.717, 1.165) is 11.6 Å². The van der Waals surface area contributed by atoms with Crippen LogP contribution >= 0.6 is 0 Å². The van der Waals surface area contributed by atoms with Gasteiger partial charge in [-0.3, -0.25) is 4.99 Å². The van der Waals surface area contributed by atoms with Crippen molar-refractivity contribution in [2.24, 2.45) is 4.99 Å². The standard InChI is InChI=1S/C18H18F2N4/c1-12(16-7-6-15(19)9-17(16)20)24-18(22-2)23-11-14-5-3-4-13(8-14)10-21/h3-9,12H,11H2,1-2H3,(H2,22,23,24). The molecule has 2 aromatic carbocycles. The Morgan fingerprint density at radius 3 is 2.71 bits per heavy atom. The summed E-state index contributed by atoms with van der Waals surface area (Å²) in [6, 6.07) is 12.4. The molecular formula is C18H18F2N4. The molecule has 1 unspecified atom stereocenters. The van der Waals surface area contributed by atoms with Gasteiger partial charge in [-0.05, 0) is 30.7 Å². The van der Waals surface area contributed by atoms with E-state index < -0.39 is 11.6 Å². The Labute approximate surface area is 139 Å². The summed E-state index contributed by atoms with van der Waals surface area (Å²) in [5.74, 6) is -0.732. The quantitative estimate of drug-likeness (QED) is 0.669. The van der Waals surface area contributed by atoms with Crippen LogP contribution in [0.3, 0.4) is 0 Å². The molecule has 4 nitrogen and oxygen atoms in total. The SMILES string of the molecule is CN=C(NCc1cccc(C#N)c1)NC(C)c1ccc(F)cc1F. The topological polar surface area (TPSA) is 60.2 Å². The second kappa shape index (κ2) is 8.06. The lowest BCUT2D eigenvalue weighted by Crippen LogP contribution is -2.38. The summed E-state index contributed by atoms with van der Waals surface area (Å²) in [5.41, 5.74) is 1.86. The molecule has 0 aliphatic rings. The fourth-order valence-corrected chi connectivity index (χ4v) is 2.27. The maximum absolute atomic E-state index is 13.8. The number of nitrogens with one attached hydrogen (secondary N) is 2. The van der Waals surface area contributed by atoms with Crippen LogP contribution in [-0.2, 0) is 6.54 Å². The molecule has 1 atom stereocenters. The van der Waals surface area contributed by atoms with Gasteiger partial charge in [0, 0.05) is 25.2 Å². The van der Waals surface area contributed by atoms with Gasteiger partial charge in [-0.15, -0.1) is 0 Å². The maximum atomic E-state index is 13.8. The van der Waals surface area contributed by atoms with Gasteiger partial charge in [0.15, 0.2) is 5.96 Å². The highest BCUT2D eigenvalue weighted by atomic mass is 19.1. The van der Waals surface area contributed by atoms with Gasteiger partial charge in [-0.2, -0.15) is 5.26 Å². The minimum Gasteiger partial charge on any atom is -0.352 e. The number of halogens is 2. The molecule has 2 N–H and O–H groups in total. The van der Waals surface area contributed by atoms with Gasteiger partial charge in [-0.25, -0.2) is 8.78 Å². The molecule has 0 aromatic heterocycles. The van der Waals surface area contributed by atoms with Crippen molar-refractivity contribution in [3.05, 3.63) is 70.8 Å². The molecule has 0 saturated carbocycles. The molecular weight excluding hydrogens is 310 g/mol. The molecule has 124 valence electrons. The van der Waals surface area contributed by atoms with E-state index in [4.69, 9.17) is 5.26 Å². The average Bonchev–Trinajstić information content (AvgIpc) is 2.58. The third-order valence-corrected chi connectivity index (χ3v) is 3.52. The van der Waals surface area contributed by atoms with Gasteiger partial charge < -0.3 is 10.6 Å². The zero-order chi connectivity index (χ0) is 17.5. The van der Waals surface area contributed by atoms with E-state index in [1.807, 2.05) is 12.1 Å². The van der Waals surface area contributed by atoms with E-state index in [-0.39, 0.29) is 6.04 Å². The summed E-state index contributed by atoms with van der Waals surface area (Å²) in [6.45, 7) is 2.23. The van der Waals surface area contributed by atoms with Gasteiger partial charge in [-0.1, -0.05) is 18.2 Å². The fourth-order valence-electron chi connectivity index (χ4n) is 2.27. The lowest BCUT2D eigenvalue weighted by atomic mass is 10.1. The van der Waals surface area contributed by atoms with Crippen LogP contribution in [0.5, 0.6) is 0 Å². The first-order valence-electron chi connectivity index (χ1n) is 7.44. The largest absolute Gasteiger partial charge is 0.352 e. The number of guanidine groups is 1. The van der Waals surface area contributed by atoms with Crippen LogP contribution in [0.1, 0.15) is 29.7 Å². The Morgan fingerprint density at radius 2 is 2.04 bits per heavy atom. The Bertz CT molecular complexity index is 781. The van der Waals surface area contributed by atoms with Crippen molar-refractivity contribution in [1.82, 2.24) is 10.6 Å². The lowest BCUT2D eigenvalue weighted by Gasteiger charge is -2.19. The fraction of sp³-hybridized carbons (Fsp3) is 0.222. The molecule has 2 aromatic rings. The Hall–Kier alpha value is -2.94. The van der Waals surface area contributed by atoms with Crippen LogP contribution < -0.4 is 10.6 Å². The molecule has 2 rings (SSSR count). The molecule has 0 fully saturated rings. The predicted molar refractivity (Wildman–Crippen MR) is 89.3 cm³/mol. The Balaban J connectivity index is 2.00. The zero-order valence-electron chi connectivity index (χ0n) is 13.5. The molecule has 0 spiro atoms. The number of benzene rings is 2. The van der Waals surface area contributed by atoms with Gasteiger partial charge in [0.25, 0.3) is 0 Å². The first-order chi connectivity index (χ1) is 11.5. The van der Waals surface area contributed by atoms with Crippen LogP contribution in [-0.4, -0.2) is 13.0 Å². The summed E-state index contributed by atoms with van der Waals surface area (Å²) in [6.07, 6.45) is 0. The van der Waals surface area contributed by atoms with Crippen molar-refractivity contribution < 1.29 is 8.78 Å². The molecule has 0 heterocycles.